The molecule has 2 heterocycles. The largest absolute Gasteiger partial charge is 0.330 e. The summed E-state index contributed by atoms with van der Waals surface area (Å²) in [4.78, 5) is 19.8. The Bertz CT molecular complexity index is 784. The molecule has 0 unspecified atom stereocenters. The summed E-state index contributed by atoms with van der Waals surface area (Å²) in [7, 11) is -3.69. The fourth-order valence-electron chi connectivity index (χ4n) is 2.38. The highest BCUT2D eigenvalue weighted by molar-refractivity contribution is 7.92. The van der Waals surface area contributed by atoms with Gasteiger partial charge in [-0.15, -0.1) is 0 Å². The lowest BCUT2D eigenvalue weighted by atomic mass is 10.2. The summed E-state index contributed by atoms with van der Waals surface area (Å²) in [6, 6.07) is 4.76. The number of anilines is 2. The fraction of sp³-hybridized carbons (Fsp3) is 0.231. The Morgan fingerprint density at radius 2 is 2.24 bits per heavy atom. The Morgan fingerprint density at radius 3 is 2.90 bits per heavy atom. The number of imidazole rings is 1. The summed E-state index contributed by atoms with van der Waals surface area (Å²) >= 11 is 0. The van der Waals surface area contributed by atoms with Crippen molar-refractivity contribution in [3.8, 4) is 0 Å². The van der Waals surface area contributed by atoms with E-state index in [2.05, 4.69) is 14.7 Å². The molecule has 0 fully saturated rings. The average molecular weight is 306 g/mol. The second-order valence-electron chi connectivity index (χ2n) is 4.75. The first-order chi connectivity index (χ1) is 9.97. The number of amides is 1. The van der Waals surface area contributed by atoms with E-state index in [4.69, 9.17) is 0 Å². The van der Waals surface area contributed by atoms with Crippen LogP contribution in [-0.2, 0) is 21.2 Å². The van der Waals surface area contributed by atoms with Gasteiger partial charge in [0.05, 0.1) is 4.90 Å². The Morgan fingerprint density at radius 1 is 1.43 bits per heavy atom. The van der Waals surface area contributed by atoms with Crippen LogP contribution in [0.4, 0.5) is 11.6 Å². The molecule has 0 atom stereocenters. The third-order valence-corrected chi connectivity index (χ3v) is 4.70. The van der Waals surface area contributed by atoms with E-state index in [0.29, 0.717) is 13.0 Å². The number of aromatic nitrogens is 2. The number of benzene rings is 1. The predicted octanol–water partition coefficient (Wildman–Crippen LogP) is 1.12. The van der Waals surface area contributed by atoms with Gasteiger partial charge in [0.1, 0.15) is 0 Å². The molecule has 2 aromatic rings. The van der Waals surface area contributed by atoms with Gasteiger partial charge in [0.25, 0.3) is 10.0 Å². The van der Waals surface area contributed by atoms with Gasteiger partial charge in [0.15, 0.2) is 0 Å². The minimum Gasteiger partial charge on any atom is -0.330 e. The van der Waals surface area contributed by atoms with Crippen LogP contribution in [0.25, 0.3) is 0 Å². The fourth-order valence-corrected chi connectivity index (χ4v) is 3.41. The monoisotopic (exact) mass is 306 g/mol. The normalized spacial score (nSPS) is 14.0. The average Bonchev–Trinajstić information content (AvgIpc) is 3.05. The molecule has 0 saturated heterocycles. The smallest absolute Gasteiger partial charge is 0.264 e. The van der Waals surface area contributed by atoms with Crippen molar-refractivity contribution in [2.75, 3.05) is 16.2 Å². The second kappa shape index (κ2) is 4.88. The Labute approximate surface area is 122 Å². The molecule has 0 saturated carbocycles. The van der Waals surface area contributed by atoms with Gasteiger partial charge in [-0.05, 0) is 30.2 Å². The number of aromatic amines is 1. The predicted molar refractivity (Wildman–Crippen MR) is 77.6 cm³/mol. The number of H-pyrrole nitrogens is 1. The van der Waals surface area contributed by atoms with Crippen molar-refractivity contribution in [1.82, 2.24) is 9.97 Å². The third-order valence-electron chi connectivity index (χ3n) is 3.37. The number of carbonyl (C=O) groups excluding carboxylic acids is 1. The van der Waals surface area contributed by atoms with Crippen molar-refractivity contribution in [2.45, 2.75) is 18.2 Å². The summed E-state index contributed by atoms with van der Waals surface area (Å²) in [6.45, 7) is 2.08. The maximum atomic E-state index is 12.3. The lowest BCUT2D eigenvalue weighted by molar-refractivity contribution is -0.116. The summed E-state index contributed by atoms with van der Waals surface area (Å²) in [5.74, 6) is 0.124. The van der Waals surface area contributed by atoms with E-state index in [1.54, 1.807) is 17.0 Å². The molecule has 2 N–H and O–H groups in total. The van der Waals surface area contributed by atoms with Crippen molar-refractivity contribution < 1.29 is 13.2 Å². The standard InChI is InChI=1S/C13H14N4O3S/c1-9(18)17-7-4-10-8-11(2-3-12(10)17)21(19,20)16-13-14-5-6-15-13/h2-3,5-6,8H,4,7H2,1H3,(H2,14,15,16). The summed E-state index contributed by atoms with van der Waals surface area (Å²) in [5.41, 5.74) is 1.63. The Kier molecular flexibility index (Phi) is 3.17. The van der Waals surface area contributed by atoms with Gasteiger partial charge in [-0.2, -0.15) is 0 Å². The van der Waals surface area contributed by atoms with Crippen molar-refractivity contribution in [2.24, 2.45) is 0 Å². The quantitative estimate of drug-likeness (QED) is 0.888. The van der Waals surface area contributed by atoms with Crippen LogP contribution in [0.2, 0.25) is 0 Å². The lowest BCUT2D eigenvalue weighted by Gasteiger charge is -2.15. The number of carbonyl (C=O) groups is 1. The van der Waals surface area contributed by atoms with E-state index in [0.717, 1.165) is 11.3 Å². The van der Waals surface area contributed by atoms with Gasteiger partial charge >= 0.3 is 0 Å². The minimum atomic E-state index is -3.69. The molecule has 0 spiro atoms. The zero-order valence-electron chi connectivity index (χ0n) is 11.3. The molecule has 1 aliphatic rings. The Hall–Kier alpha value is -2.35. The van der Waals surface area contributed by atoms with Crippen LogP contribution in [0.1, 0.15) is 12.5 Å². The van der Waals surface area contributed by atoms with Gasteiger partial charge in [-0.3, -0.25) is 4.79 Å². The van der Waals surface area contributed by atoms with E-state index < -0.39 is 10.0 Å². The molecule has 0 bridgehead atoms. The molecule has 3 rings (SSSR count). The van der Waals surface area contributed by atoms with Gasteiger partial charge < -0.3 is 9.88 Å². The molecule has 1 amide bonds. The summed E-state index contributed by atoms with van der Waals surface area (Å²) in [5, 5.41) is 0. The highest BCUT2D eigenvalue weighted by atomic mass is 32.2. The van der Waals surface area contributed by atoms with E-state index in [9.17, 15) is 13.2 Å². The highest BCUT2D eigenvalue weighted by Gasteiger charge is 2.25. The molecule has 8 heteroatoms. The molecule has 0 radical (unpaired) electrons. The number of hydrogen-bond acceptors (Lipinski definition) is 4. The van der Waals surface area contributed by atoms with Gasteiger partial charge in [-0.1, -0.05) is 0 Å². The van der Waals surface area contributed by atoms with E-state index in [-0.39, 0.29) is 16.8 Å². The number of nitrogens with zero attached hydrogens (tertiary/aromatic N) is 2. The van der Waals surface area contributed by atoms with Crippen molar-refractivity contribution in [1.29, 1.82) is 0 Å². The first-order valence-corrected chi connectivity index (χ1v) is 7.89. The highest BCUT2D eigenvalue weighted by Crippen LogP contribution is 2.30. The molecule has 21 heavy (non-hydrogen) atoms. The maximum absolute atomic E-state index is 12.3. The summed E-state index contributed by atoms with van der Waals surface area (Å²) in [6.07, 6.45) is 3.65. The number of hydrogen-bond donors (Lipinski definition) is 2. The van der Waals surface area contributed by atoms with E-state index in [1.165, 1.54) is 25.4 Å². The molecule has 1 aromatic carbocycles. The molecule has 7 nitrogen and oxygen atoms in total. The van der Waals surface area contributed by atoms with Crippen LogP contribution in [0.15, 0.2) is 35.5 Å². The van der Waals surface area contributed by atoms with Crippen LogP contribution in [0, 0.1) is 0 Å². The topological polar surface area (TPSA) is 95.2 Å². The number of sulfonamides is 1. The molecule has 0 aliphatic carbocycles. The number of nitrogens with one attached hydrogen (secondary N) is 2. The SMILES string of the molecule is CC(=O)N1CCc2cc(S(=O)(=O)Nc3ncc[nH]3)ccc21. The first kappa shape index (κ1) is 13.6. The van der Waals surface area contributed by atoms with Crippen LogP contribution >= 0.6 is 0 Å². The van der Waals surface area contributed by atoms with Crippen LogP contribution in [-0.4, -0.2) is 30.8 Å². The first-order valence-electron chi connectivity index (χ1n) is 6.40. The zero-order chi connectivity index (χ0) is 15.0. The molecule has 1 aliphatic heterocycles. The van der Waals surface area contributed by atoms with E-state index in [1.807, 2.05) is 0 Å². The van der Waals surface area contributed by atoms with E-state index >= 15 is 0 Å². The van der Waals surface area contributed by atoms with Gasteiger partial charge in [0.2, 0.25) is 11.9 Å². The second-order valence-corrected chi connectivity index (χ2v) is 6.44. The third kappa shape index (κ3) is 2.49. The van der Waals surface area contributed by atoms with Crippen molar-refractivity contribution >= 4 is 27.6 Å². The number of fused-ring (bicyclic) bond motifs is 1. The van der Waals surface area contributed by atoms with Crippen LogP contribution < -0.4 is 9.62 Å². The lowest BCUT2D eigenvalue weighted by Crippen LogP contribution is -2.25. The molecular formula is C13H14N4O3S. The molecular weight excluding hydrogens is 292 g/mol. The van der Waals surface area contributed by atoms with Crippen molar-refractivity contribution in [3.63, 3.8) is 0 Å². The maximum Gasteiger partial charge on any atom is 0.264 e. The number of rotatable bonds is 3. The van der Waals surface area contributed by atoms with Gasteiger partial charge in [-0.25, -0.2) is 18.1 Å². The van der Waals surface area contributed by atoms with Crippen molar-refractivity contribution in [3.05, 3.63) is 36.2 Å². The molecule has 110 valence electrons. The molecule has 1 aromatic heterocycles. The van der Waals surface area contributed by atoms with Gasteiger partial charge in [0, 0.05) is 31.5 Å². The Balaban J connectivity index is 1.93. The summed E-state index contributed by atoms with van der Waals surface area (Å²) < 4.78 is 26.9. The van der Waals surface area contributed by atoms with Crippen LogP contribution in [0.5, 0.6) is 0 Å². The zero-order valence-corrected chi connectivity index (χ0v) is 12.1. The minimum absolute atomic E-state index is 0.0435. The van der Waals surface area contributed by atoms with Crippen LogP contribution in [0.3, 0.4) is 0 Å².